The van der Waals surface area contributed by atoms with Crippen LogP contribution in [-0.2, 0) is 6.61 Å². The van der Waals surface area contributed by atoms with Gasteiger partial charge in [0.25, 0.3) is 0 Å². The number of rotatable bonds is 1. The minimum Gasteiger partial charge on any atom is -0.487 e. The first-order chi connectivity index (χ1) is 10.3. The van der Waals surface area contributed by atoms with Gasteiger partial charge in [-0.15, -0.1) is 5.10 Å². The van der Waals surface area contributed by atoms with E-state index in [9.17, 15) is 0 Å². The predicted octanol–water partition coefficient (Wildman–Crippen LogP) is 3.12. The monoisotopic (exact) mass is 277 g/mol. The van der Waals surface area contributed by atoms with E-state index in [0.29, 0.717) is 6.61 Å². The molecule has 0 spiro atoms. The van der Waals surface area contributed by atoms with E-state index in [2.05, 4.69) is 47.6 Å². The molecule has 4 heteroatoms. The summed E-state index contributed by atoms with van der Waals surface area (Å²) < 4.78 is 7.86. The van der Waals surface area contributed by atoms with Crippen molar-refractivity contribution in [1.29, 1.82) is 0 Å². The fourth-order valence-corrected chi connectivity index (χ4v) is 2.78. The summed E-state index contributed by atoms with van der Waals surface area (Å²) in [4.78, 5) is 0. The molecule has 1 atom stereocenters. The van der Waals surface area contributed by atoms with Crippen LogP contribution in [0.15, 0.2) is 54.7 Å². The van der Waals surface area contributed by atoms with Gasteiger partial charge in [0.05, 0.1) is 11.9 Å². The lowest BCUT2D eigenvalue weighted by atomic mass is 9.97. The summed E-state index contributed by atoms with van der Waals surface area (Å²) in [5.74, 6) is 0.911. The highest BCUT2D eigenvalue weighted by Gasteiger charge is 2.26. The third kappa shape index (κ3) is 2.00. The second-order valence-corrected chi connectivity index (χ2v) is 5.31. The van der Waals surface area contributed by atoms with Crippen LogP contribution in [0.4, 0.5) is 0 Å². The molecule has 0 aliphatic carbocycles. The van der Waals surface area contributed by atoms with Crippen LogP contribution < -0.4 is 4.74 Å². The number of benzene rings is 2. The van der Waals surface area contributed by atoms with E-state index in [-0.39, 0.29) is 6.04 Å². The average Bonchev–Trinajstić information content (AvgIpc) is 2.91. The van der Waals surface area contributed by atoms with Crippen molar-refractivity contribution < 1.29 is 4.74 Å². The zero-order valence-electron chi connectivity index (χ0n) is 11.7. The SMILES string of the molecule is Cc1ccc(C2c3ccccc3OCc3cnnn32)cc1. The van der Waals surface area contributed by atoms with Crippen molar-refractivity contribution in [2.45, 2.75) is 19.6 Å². The Balaban J connectivity index is 1.95. The van der Waals surface area contributed by atoms with E-state index in [0.717, 1.165) is 17.0 Å². The van der Waals surface area contributed by atoms with Gasteiger partial charge in [0, 0.05) is 5.56 Å². The van der Waals surface area contributed by atoms with Crippen molar-refractivity contribution in [2.75, 3.05) is 0 Å². The molecule has 104 valence electrons. The lowest BCUT2D eigenvalue weighted by molar-refractivity contribution is 0.301. The van der Waals surface area contributed by atoms with Crippen LogP contribution in [-0.4, -0.2) is 15.0 Å². The molecule has 1 unspecified atom stereocenters. The maximum Gasteiger partial charge on any atom is 0.132 e. The van der Waals surface area contributed by atoms with Gasteiger partial charge in [0.2, 0.25) is 0 Å². The fourth-order valence-electron chi connectivity index (χ4n) is 2.78. The largest absolute Gasteiger partial charge is 0.487 e. The highest BCUT2D eigenvalue weighted by atomic mass is 16.5. The lowest BCUT2D eigenvalue weighted by Gasteiger charge is -2.19. The zero-order valence-corrected chi connectivity index (χ0v) is 11.7. The van der Waals surface area contributed by atoms with Crippen molar-refractivity contribution in [3.8, 4) is 5.75 Å². The molecule has 1 aliphatic rings. The molecule has 4 rings (SSSR count). The van der Waals surface area contributed by atoms with Crippen LogP contribution >= 0.6 is 0 Å². The molecule has 0 saturated carbocycles. The third-order valence-corrected chi connectivity index (χ3v) is 3.88. The van der Waals surface area contributed by atoms with E-state index in [4.69, 9.17) is 4.74 Å². The molecule has 0 bridgehead atoms. The zero-order chi connectivity index (χ0) is 14.2. The van der Waals surface area contributed by atoms with Gasteiger partial charge in [0.15, 0.2) is 0 Å². The highest BCUT2D eigenvalue weighted by molar-refractivity contribution is 5.43. The lowest BCUT2D eigenvalue weighted by Crippen LogP contribution is -2.15. The minimum atomic E-state index is 0.00167. The topological polar surface area (TPSA) is 39.9 Å². The highest BCUT2D eigenvalue weighted by Crippen LogP contribution is 2.36. The number of para-hydroxylation sites is 1. The molecule has 2 aromatic carbocycles. The van der Waals surface area contributed by atoms with Crippen LogP contribution in [0.25, 0.3) is 0 Å². The standard InChI is InChI=1S/C17H15N3O/c1-12-6-8-13(9-7-12)17-15-4-2-3-5-16(15)21-11-14-10-18-19-20(14)17/h2-10,17H,11H2,1H3. The van der Waals surface area contributed by atoms with Gasteiger partial charge in [-0.05, 0) is 18.6 Å². The van der Waals surface area contributed by atoms with Crippen LogP contribution in [0.1, 0.15) is 28.4 Å². The fraction of sp³-hybridized carbons (Fsp3) is 0.176. The molecule has 0 fully saturated rings. The Morgan fingerprint density at radius 1 is 1.10 bits per heavy atom. The van der Waals surface area contributed by atoms with E-state index >= 15 is 0 Å². The molecular weight excluding hydrogens is 262 g/mol. The molecule has 1 aliphatic heterocycles. The van der Waals surface area contributed by atoms with E-state index < -0.39 is 0 Å². The smallest absolute Gasteiger partial charge is 0.132 e. The molecule has 3 aromatic rings. The summed E-state index contributed by atoms with van der Waals surface area (Å²) in [6.07, 6.45) is 1.77. The van der Waals surface area contributed by atoms with Gasteiger partial charge in [-0.2, -0.15) is 0 Å². The van der Waals surface area contributed by atoms with Crippen LogP contribution in [0.3, 0.4) is 0 Å². The Bertz CT molecular complexity index is 777. The summed E-state index contributed by atoms with van der Waals surface area (Å²) in [6, 6.07) is 16.7. The van der Waals surface area contributed by atoms with Crippen molar-refractivity contribution in [1.82, 2.24) is 15.0 Å². The summed E-state index contributed by atoms with van der Waals surface area (Å²) in [5, 5.41) is 8.33. The van der Waals surface area contributed by atoms with Crippen molar-refractivity contribution in [2.24, 2.45) is 0 Å². The van der Waals surface area contributed by atoms with Gasteiger partial charge in [0.1, 0.15) is 18.4 Å². The van der Waals surface area contributed by atoms with E-state index in [1.165, 1.54) is 11.1 Å². The number of hydrogen-bond donors (Lipinski definition) is 0. The summed E-state index contributed by atoms with van der Waals surface area (Å²) in [7, 11) is 0. The Morgan fingerprint density at radius 3 is 2.76 bits per heavy atom. The van der Waals surface area contributed by atoms with Gasteiger partial charge in [-0.25, -0.2) is 4.68 Å². The van der Waals surface area contributed by atoms with Crippen LogP contribution in [0, 0.1) is 6.92 Å². The summed E-state index contributed by atoms with van der Waals surface area (Å²) in [6.45, 7) is 2.58. The van der Waals surface area contributed by atoms with Gasteiger partial charge in [-0.1, -0.05) is 53.2 Å². The van der Waals surface area contributed by atoms with E-state index in [1.807, 2.05) is 22.9 Å². The molecule has 21 heavy (non-hydrogen) atoms. The van der Waals surface area contributed by atoms with Crippen LogP contribution in [0.5, 0.6) is 5.75 Å². The van der Waals surface area contributed by atoms with Crippen molar-refractivity contribution >= 4 is 0 Å². The molecule has 0 N–H and O–H groups in total. The average molecular weight is 277 g/mol. The second kappa shape index (κ2) is 4.74. The normalized spacial score (nSPS) is 16.5. The number of aromatic nitrogens is 3. The Labute approximate surface area is 123 Å². The number of fused-ring (bicyclic) bond motifs is 2. The van der Waals surface area contributed by atoms with Crippen molar-refractivity contribution in [3.63, 3.8) is 0 Å². The molecular formula is C17H15N3O. The maximum atomic E-state index is 5.91. The molecule has 0 amide bonds. The number of aryl methyl sites for hydroxylation is 1. The number of nitrogens with zero attached hydrogens (tertiary/aromatic N) is 3. The first kappa shape index (κ1) is 12.1. The van der Waals surface area contributed by atoms with Crippen LogP contribution in [0.2, 0.25) is 0 Å². The Kier molecular flexibility index (Phi) is 2.74. The Morgan fingerprint density at radius 2 is 1.90 bits per heavy atom. The number of hydrogen-bond acceptors (Lipinski definition) is 3. The molecule has 4 nitrogen and oxygen atoms in total. The second-order valence-electron chi connectivity index (χ2n) is 5.31. The number of ether oxygens (including phenoxy) is 1. The van der Waals surface area contributed by atoms with Gasteiger partial charge in [-0.3, -0.25) is 0 Å². The molecule has 1 aromatic heterocycles. The molecule has 2 heterocycles. The first-order valence-electron chi connectivity index (χ1n) is 7.00. The van der Waals surface area contributed by atoms with E-state index in [1.54, 1.807) is 6.20 Å². The van der Waals surface area contributed by atoms with Crippen molar-refractivity contribution in [3.05, 3.63) is 77.1 Å². The molecule has 0 radical (unpaired) electrons. The summed E-state index contributed by atoms with van der Waals surface area (Å²) >= 11 is 0. The minimum absolute atomic E-state index is 0.00167. The Hall–Kier alpha value is -2.62. The summed E-state index contributed by atoms with van der Waals surface area (Å²) in [5.41, 5.74) is 4.53. The predicted molar refractivity (Wildman–Crippen MR) is 79.2 cm³/mol. The molecule has 0 saturated heterocycles. The first-order valence-corrected chi connectivity index (χ1v) is 7.00. The quantitative estimate of drug-likeness (QED) is 0.686. The maximum absolute atomic E-state index is 5.91. The third-order valence-electron chi connectivity index (χ3n) is 3.88. The van der Waals surface area contributed by atoms with Gasteiger partial charge >= 0.3 is 0 Å². The van der Waals surface area contributed by atoms with Gasteiger partial charge < -0.3 is 4.74 Å².